The summed E-state index contributed by atoms with van der Waals surface area (Å²) >= 11 is 3.45. The summed E-state index contributed by atoms with van der Waals surface area (Å²) in [5.41, 5.74) is 3.02. The molecular weight excluding hydrogens is 238 g/mol. The van der Waals surface area contributed by atoms with Crippen molar-refractivity contribution in [2.75, 3.05) is 0 Å². The summed E-state index contributed by atoms with van der Waals surface area (Å²) in [5, 5.41) is 4.62. The molecule has 2 heterocycles. The van der Waals surface area contributed by atoms with Gasteiger partial charge in [0.1, 0.15) is 5.01 Å². The van der Waals surface area contributed by atoms with E-state index in [0.717, 1.165) is 17.2 Å². The standard InChI is InChI=1S/C11H15N3S2/c1-7-4-13-10(16-7)5-12-8(2)11-9(3)14-6-15-11/h4,6,8,12H,5H2,1-3H3. The Morgan fingerprint density at radius 1 is 1.38 bits per heavy atom. The second-order valence-electron chi connectivity index (χ2n) is 3.77. The van der Waals surface area contributed by atoms with E-state index in [2.05, 4.69) is 36.1 Å². The van der Waals surface area contributed by atoms with Gasteiger partial charge in [-0.05, 0) is 20.8 Å². The maximum atomic E-state index is 4.34. The van der Waals surface area contributed by atoms with Gasteiger partial charge in [-0.1, -0.05) is 0 Å². The van der Waals surface area contributed by atoms with E-state index in [4.69, 9.17) is 0 Å². The molecule has 0 aliphatic rings. The van der Waals surface area contributed by atoms with Crippen LogP contribution in [0.5, 0.6) is 0 Å². The SMILES string of the molecule is Cc1cnc(CNC(C)c2scnc2C)s1. The molecule has 0 aliphatic heterocycles. The van der Waals surface area contributed by atoms with Gasteiger partial charge in [0.2, 0.25) is 0 Å². The van der Waals surface area contributed by atoms with Crippen molar-refractivity contribution in [1.29, 1.82) is 0 Å². The van der Waals surface area contributed by atoms with Gasteiger partial charge in [-0.2, -0.15) is 0 Å². The minimum Gasteiger partial charge on any atom is -0.303 e. The van der Waals surface area contributed by atoms with Gasteiger partial charge in [0, 0.05) is 28.5 Å². The second kappa shape index (κ2) is 5.03. The molecule has 5 heteroatoms. The highest BCUT2D eigenvalue weighted by Gasteiger charge is 2.10. The number of nitrogens with one attached hydrogen (secondary N) is 1. The fourth-order valence-corrected chi connectivity index (χ4v) is 3.12. The van der Waals surface area contributed by atoms with E-state index < -0.39 is 0 Å². The molecule has 0 spiro atoms. The highest BCUT2D eigenvalue weighted by atomic mass is 32.1. The van der Waals surface area contributed by atoms with Crippen LogP contribution in [-0.2, 0) is 6.54 Å². The zero-order chi connectivity index (χ0) is 11.5. The summed E-state index contributed by atoms with van der Waals surface area (Å²) in [5.74, 6) is 0. The van der Waals surface area contributed by atoms with Crippen molar-refractivity contribution in [3.05, 3.63) is 32.2 Å². The minimum atomic E-state index is 0.344. The Morgan fingerprint density at radius 3 is 2.75 bits per heavy atom. The van der Waals surface area contributed by atoms with Crippen LogP contribution in [0.2, 0.25) is 0 Å². The topological polar surface area (TPSA) is 37.8 Å². The first-order valence-corrected chi connectivity index (χ1v) is 6.91. The van der Waals surface area contributed by atoms with E-state index in [1.165, 1.54) is 9.75 Å². The largest absolute Gasteiger partial charge is 0.303 e. The van der Waals surface area contributed by atoms with Gasteiger partial charge in [-0.25, -0.2) is 9.97 Å². The third kappa shape index (κ3) is 2.66. The van der Waals surface area contributed by atoms with Gasteiger partial charge in [-0.15, -0.1) is 22.7 Å². The minimum absolute atomic E-state index is 0.344. The molecule has 2 aromatic heterocycles. The Hall–Kier alpha value is -0.780. The van der Waals surface area contributed by atoms with Crippen LogP contribution in [0, 0.1) is 13.8 Å². The van der Waals surface area contributed by atoms with E-state index in [1.54, 1.807) is 22.7 Å². The lowest BCUT2D eigenvalue weighted by molar-refractivity contribution is 0.578. The lowest BCUT2D eigenvalue weighted by Crippen LogP contribution is -2.17. The molecule has 0 bridgehead atoms. The Morgan fingerprint density at radius 2 is 2.19 bits per heavy atom. The molecule has 16 heavy (non-hydrogen) atoms. The summed E-state index contributed by atoms with van der Waals surface area (Å²) in [6.45, 7) is 7.13. The van der Waals surface area contributed by atoms with Gasteiger partial charge in [0.15, 0.2) is 0 Å². The van der Waals surface area contributed by atoms with Crippen LogP contribution in [0.1, 0.15) is 33.4 Å². The van der Waals surface area contributed by atoms with Gasteiger partial charge in [0.05, 0.1) is 11.2 Å². The summed E-state index contributed by atoms with van der Waals surface area (Å²) in [4.78, 5) is 11.2. The van der Waals surface area contributed by atoms with Crippen LogP contribution >= 0.6 is 22.7 Å². The highest BCUT2D eigenvalue weighted by Crippen LogP contribution is 2.21. The highest BCUT2D eigenvalue weighted by molar-refractivity contribution is 7.11. The van der Waals surface area contributed by atoms with Crippen LogP contribution in [0.15, 0.2) is 11.7 Å². The van der Waals surface area contributed by atoms with Crippen LogP contribution < -0.4 is 5.32 Å². The average molecular weight is 253 g/mol. The van der Waals surface area contributed by atoms with Crippen molar-refractivity contribution in [3.8, 4) is 0 Å². The smallest absolute Gasteiger partial charge is 0.107 e. The van der Waals surface area contributed by atoms with Gasteiger partial charge < -0.3 is 5.32 Å². The normalized spacial score (nSPS) is 12.9. The average Bonchev–Trinajstić information content (AvgIpc) is 2.84. The van der Waals surface area contributed by atoms with Crippen molar-refractivity contribution < 1.29 is 0 Å². The second-order valence-corrected chi connectivity index (χ2v) is 5.97. The number of thiazole rings is 2. The van der Waals surface area contributed by atoms with Crippen molar-refractivity contribution in [2.45, 2.75) is 33.4 Å². The first kappa shape index (κ1) is 11.7. The molecule has 86 valence electrons. The van der Waals surface area contributed by atoms with Crippen molar-refractivity contribution in [2.24, 2.45) is 0 Å². The third-order valence-electron chi connectivity index (χ3n) is 2.40. The summed E-state index contributed by atoms with van der Waals surface area (Å²) in [7, 11) is 0. The summed E-state index contributed by atoms with van der Waals surface area (Å²) in [6.07, 6.45) is 1.92. The molecule has 0 saturated carbocycles. The first-order valence-electron chi connectivity index (χ1n) is 5.21. The lowest BCUT2D eigenvalue weighted by Gasteiger charge is -2.11. The maximum Gasteiger partial charge on any atom is 0.107 e. The van der Waals surface area contributed by atoms with E-state index in [9.17, 15) is 0 Å². The predicted molar refractivity (Wildman–Crippen MR) is 69.0 cm³/mol. The number of aryl methyl sites for hydroxylation is 2. The van der Waals surface area contributed by atoms with Crippen LogP contribution in [0.3, 0.4) is 0 Å². The molecule has 0 aromatic carbocycles. The van der Waals surface area contributed by atoms with Crippen LogP contribution in [0.25, 0.3) is 0 Å². The molecule has 1 atom stereocenters. The number of nitrogens with zero attached hydrogens (tertiary/aromatic N) is 2. The van der Waals surface area contributed by atoms with Crippen molar-refractivity contribution in [1.82, 2.24) is 15.3 Å². The molecule has 0 amide bonds. The maximum absolute atomic E-state index is 4.34. The van der Waals surface area contributed by atoms with E-state index in [1.807, 2.05) is 11.7 Å². The van der Waals surface area contributed by atoms with E-state index in [-0.39, 0.29) is 0 Å². The first-order chi connectivity index (χ1) is 7.66. The van der Waals surface area contributed by atoms with Crippen LogP contribution in [-0.4, -0.2) is 9.97 Å². The number of hydrogen-bond acceptors (Lipinski definition) is 5. The van der Waals surface area contributed by atoms with E-state index >= 15 is 0 Å². The fraction of sp³-hybridized carbons (Fsp3) is 0.455. The molecule has 2 rings (SSSR count). The fourth-order valence-electron chi connectivity index (χ4n) is 1.54. The molecule has 0 fully saturated rings. The monoisotopic (exact) mass is 253 g/mol. The Balaban J connectivity index is 1.93. The lowest BCUT2D eigenvalue weighted by atomic mass is 10.2. The zero-order valence-electron chi connectivity index (χ0n) is 9.65. The predicted octanol–water partition coefficient (Wildman–Crippen LogP) is 3.07. The Labute approximate surface area is 104 Å². The molecule has 0 aliphatic carbocycles. The van der Waals surface area contributed by atoms with Gasteiger partial charge >= 0.3 is 0 Å². The number of rotatable bonds is 4. The molecule has 2 aromatic rings. The molecule has 0 radical (unpaired) electrons. The molecule has 1 N–H and O–H groups in total. The number of hydrogen-bond donors (Lipinski definition) is 1. The van der Waals surface area contributed by atoms with Gasteiger partial charge in [0.25, 0.3) is 0 Å². The third-order valence-corrected chi connectivity index (χ3v) is 4.43. The Kier molecular flexibility index (Phi) is 3.68. The molecule has 0 saturated heterocycles. The van der Waals surface area contributed by atoms with Crippen LogP contribution in [0.4, 0.5) is 0 Å². The van der Waals surface area contributed by atoms with Gasteiger partial charge in [-0.3, -0.25) is 0 Å². The quantitative estimate of drug-likeness (QED) is 0.910. The number of aromatic nitrogens is 2. The summed E-state index contributed by atoms with van der Waals surface area (Å²) in [6, 6.07) is 0.344. The van der Waals surface area contributed by atoms with Crippen molar-refractivity contribution in [3.63, 3.8) is 0 Å². The molecule has 3 nitrogen and oxygen atoms in total. The molecular formula is C11H15N3S2. The zero-order valence-corrected chi connectivity index (χ0v) is 11.3. The van der Waals surface area contributed by atoms with E-state index in [0.29, 0.717) is 6.04 Å². The Bertz CT molecular complexity index is 461. The van der Waals surface area contributed by atoms with Crippen molar-refractivity contribution >= 4 is 22.7 Å². The summed E-state index contributed by atoms with van der Waals surface area (Å²) < 4.78 is 0. The molecule has 1 unspecified atom stereocenters.